The molecule has 3 aromatic heterocycles. The summed E-state index contributed by atoms with van der Waals surface area (Å²) in [5.74, 6) is -0.396. The highest BCUT2D eigenvalue weighted by Gasteiger charge is 2.14. The zero-order valence-corrected chi connectivity index (χ0v) is 15.8. The Balaban J connectivity index is 1.34. The first-order chi connectivity index (χ1) is 14.2. The molecule has 0 atom stereocenters. The van der Waals surface area contributed by atoms with Gasteiger partial charge in [-0.15, -0.1) is 11.3 Å². The summed E-state index contributed by atoms with van der Waals surface area (Å²) in [5.41, 5.74) is 2.24. The minimum absolute atomic E-state index is 0.213. The smallest absolute Gasteiger partial charge is 0.291 e. The Hall–Kier alpha value is -3.84. The molecular weight excluding hydrogens is 388 g/mol. The summed E-state index contributed by atoms with van der Waals surface area (Å²) in [6.45, 7) is 0. The third-order valence-electron chi connectivity index (χ3n) is 4.45. The van der Waals surface area contributed by atoms with Crippen molar-refractivity contribution in [2.75, 3.05) is 10.6 Å². The number of thiophene rings is 1. The Bertz CT molecular complexity index is 1350. The second-order valence-corrected chi connectivity index (χ2v) is 7.44. The molecule has 0 aliphatic heterocycles. The van der Waals surface area contributed by atoms with Gasteiger partial charge >= 0.3 is 0 Å². The predicted octanol–water partition coefficient (Wildman–Crippen LogP) is 5.75. The zero-order valence-electron chi connectivity index (χ0n) is 15.0. The van der Waals surface area contributed by atoms with Crippen molar-refractivity contribution in [1.82, 2.24) is 0 Å². The highest BCUT2D eigenvalue weighted by Crippen LogP contribution is 2.31. The van der Waals surface area contributed by atoms with Gasteiger partial charge in [0.1, 0.15) is 11.2 Å². The van der Waals surface area contributed by atoms with Crippen LogP contribution in [0.2, 0.25) is 0 Å². The lowest BCUT2D eigenvalue weighted by Gasteiger charge is -2.03. The topological polar surface area (TPSA) is 84.5 Å². The molecule has 2 aromatic carbocycles. The highest BCUT2D eigenvalue weighted by molar-refractivity contribution is 7.18. The molecule has 29 heavy (non-hydrogen) atoms. The molecule has 0 aliphatic rings. The van der Waals surface area contributed by atoms with Crippen molar-refractivity contribution in [3.63, 3.8) is 0 Å². The van der Waals surface area contributed by atoms with Gasteiger partial charge in [0.05, 0.1) is 16.1 Å². The number of amides is 2. The van der Waals surface area contributed by atoms with E-state index in [1.165, 1.54) is 17.6 Å². The van der Waals surface area contributed by atoms with Crippen LogP contribution < -0.4 is 10.6 Å². The number of hydrogen-bond donors (Lipinski definition) is 2. The lowest BCUT2D eigenvalue weighted by atomic mass is 10.1. The molecule has 6 nitrogen and oxygen atoms in total. The van der Waals surface area contributed by atoms with Gasteiger partial charge in [-0.2, -0.15) is 0 Å². The minimum Gasteiger partial charge on any atom is -0.459 e. The first-order valence-electron chi connectivity index (χ1n) is 8.85. The summed E-state index contributed by atoms with van der Waals surface area (Å²) >= 11 is 1.19. The first kappa shape index (κ1) is 17.3. The fourth-order valence-electron chi connectivity index (χ4n) is 3.10. The van der Waals surface area contributed by atoms with Crippen molar-refractivity contribution in [1.29, 1.82) is 0 Å². The van der Waals surface area contributed by atoms with Crippen molar-refractivity contribution in [2.24, 2.45) is 0 Å². The van der Waals surface area contributed by atoms with Crippen molar-refractivity contribution in [2.45, 2.75) is 0 Å². The maximum absolute atomic E-state index is 12.6. The van der Waals surface area contributed by atoms with Crippen molar-refractivity contribution >= 4 is 55.8 Å². The fraction of sp³-hybridized carbons (Fsp3) is 0. The molecule has 2 amide bonds. The summed E-state index contributed by atoms with van der Waals surface area (Å²) in [7, 11) is 0. The fourth-order valence-corrected chi connectivity index (χ4v) is 3.90. The van der Waals surface area contributed by atoms with E-state index >= 15 is 0 Å². The standard InChI is InChI=1S/C22H14N2O4S/c25-21(18-6-3-11-27-18)24-20-10-9-19(29-20)22(26)23-13-7-8-17-15(12-13)14-4-1-2-5-16(14)28-17/h1-12H,(H,23,26)(H,24,25). The van der Waals surface area contributed by atoms with Gasteiger partial charge in [-0.25, -0.2) is 0 Å². The summed E-state index contributed by atoms with van der Waals surface area (Å²) in [5, 5.41) is 8.12. The zero-order chi connectivity index (χ0) is 19.8. The Kier molecular flexibility index (Phi) is 4.14. The monoisotopic (exact) mass is 402 g/mol. The van der Waals surface area contributed by atoms with Crippen molar-refractivity contribution in [3.8, 4) is 0 Å². The van der Waals surface area contributed by atoms with Gasteiger partial charge in [0.15, 0.2) is 5.76 Å². The van der Waals surface area contributed by atoms with Crippen LogP contribution in [-0.2, 0) is 0 Å². The second kappa shape index (κ2) is 6.96. The van der Waals surface area contributed by atoms with Crippen LogP contribution in [0.25, 0.3) is 21.9 Å². The van der Waals surface area contributed by atoms with Gasteiger partial charge in [0.25, 0.3) is 11.8 Å². The van der Waals surface area contributed by atoms with E-state index in [1.54, 1.807) is 30.3 Å². The number of benzene rings is 2. The molecule has 142 valence electrons. The van der Waals surface area contributed by atoms with Crippen LogP contribution in [0.1, 0.15) is 20.2 Å². The van der Waals surface area contributed by atoms with E-state index < -0.39 is 0 Å². The number of para-hydroxylation sites is 1. The number of hydrogen-bond acceptors (Lipinski definition) is 5. The third kappa shape index (κ3) is 3.28. The number of carbonyl (C=O) groups excluding carboxylic acids is 2. The van der Waals surface area contributed by atoms with Crippen LogP contribution in [-0.4, -0.2) is 11.8 Å². The molecule has 0 aliphatic carbocycles. The summed E-state index contributed by atoms with van der Waals surface area (Å²) in [6, 6.07) is 19.9. The van der Waals surface area contributed by atoms with E-state index in [9.17, 15) is 9.59 Å². The van der Waals surface area contributed by atoms with Crippen LogP contribution in [0.15, 0.2) is 81.8 Å². The van der Waals surface area contributed by atoms with E-state index in [2.05, 4.69) is 10.6 Å². The summed E-state index contributed by atoms with van der Waals surface area (Å²) in [6.07, 6.45) is 1.43. The largest absolute Gasteiger partial charge is 0.459 e. The molecule has 0 unspecified atom stereocenters. The first-order valence-corrected chi connectivity index (χ1v) is 9.66. The predicted molar refractivity (Wildman–Crippen MR) is 113 cm³/mol. The van der Waals surface area contributed by atoms with E-state index in [4.69, 9.17) is 8.83 Å². The molecule has 0 fully saturated rings. The third-order valence-corrected chi connectivity index (χ3v) is 5.45. The number of furan rings is 2. The number of anilines is 2. The van der Waals surface area contributed by atoms with Crippen LogP contribution in [0.4, 0.5) is 10.7 Å². The normalized spacial score (nSPS) is 11.0. The van der Waals surface area contributed by atoms with Crippen LogP contribution in [0, 0.1) is 0 Å². The van der Waals surface area contributed by atoms with E-state index in [-0.39, 0.29) is 17.6 Å². The molecular formula is C22H14N2O4S. The maximum Gasteiger partial charge on any atom is 0.291 e. The quantitative estimate of drug-likeness (QED) is 0.401. The second-order valence-electron chi connectivity index (χ2n) is 6.36. The van der Waals surface area contributed by atoms with E-state index in [1.807, 2.05) is 36.4 Å². The van der Waals surface area contributed by atoms with Gasteiger partial charge in [-0.3, -0.25) is 9.59 Å². The van der Waals surface area contributed by atoms with Gasteiger partial charge in [0.2, 0.25) is 0 Å². The van der Waals surface area contributed by atoms with Gasteiger partial charge < -0.3 is 19.5 Å². The highest BCUT2D eigenvalue weighted by atomic mass is 32.1. The van der Waals surface area contributed by atoms with Gasteiger partial charge in [-0.1, -0.05) is 18.2 Å². The molecule has 0 bridgehead atoms. The molecule has 5 aromatic rings. The van der Waals surface area contributed by atoms with Gasteiger partial charge in [0, 0.05) is 16.5 Å². The Morgan fingerprint density at radius 2 is 1.66 bits per heavy atom. The number of nitrogens with one attached hydrogen (secondary N) is 2. The van der Waals surface area contributed by atoms with Gasteiger partial charge in [-0.05, 0) is 48.5 Å². The Morgan fingerprint density at radius 3 is 2.52 bits per heavy atom. The van der Waals surface area contributed by atoms with Crippen molar-refractivity contribution < 1.29 is 18.4 Å². The number of rotatable bonds is 4. The number of fused-ring (bicyclic) bond motifs is 3. The molecule has 0 saturated carbocycles. The summed E-state index contributed by atoms with van der Waals surface area (Å²) in [4.78, 5) is 25.2. The van der Waals surface area contributed by atoms with Crippen molar-refractivity contribution in [3.05, 3.63) is 83.6 Å². The molecule has 0 radical (unpaired) electrons. The molecule has 0 saturated heterocycles. The average molecular weight is 402 g/mol. The summed E-state index contributed by atoms with van der Waals surface area (Å²) < 4.78 is 10.9. The Morgan fingerprint density at radius 1 is 0.793 bits per heavy atom. The van der Waals surface area contributed by atoms with E-state index in [0.29, 0.717) is 15.6 Å². The lowest BCUT2D eigenvalue weighted by molar-refractivity contribution is 0.0995. The number of carbonyl (C=O) groups is 2. The van der Waals surface area contributed by atoms with Crippen LogP contribution in [0.5, 0.6) is 0 Å². The van der Waals surface area contributed by atoms with Crippen LogP contribution in [0.3, 0.4) is 0 Å². The van der Waals surface area contributed by atoms with Crippen LogP contribution >= 0.6 is 11.3 Å². The average Bonchev–Trinajstić information content (AvgIpc) is 3.47. The van der Waals surface area contributed by atoms with E-state index in [0.717, 1.165) is 21.9 Å². The molecule has 3 heterocycles. The maximum atomic E-state index is 12.6. The lowest BCUT2D eigenvalue weighted by Crippen LogP contribution is -2.10. The SMILES string of the molecule is O=C(Nc1ccc(C(=O)Nc2ccc3oc4ccccc4c3c2)s1)c1ccco1. The Labute approximate surface area is 168 Å². The molecule has 5 rings (SSSR count). The molecule has 2 N–H and O–H groups in total. The molecule has 7 heteroatoms. The minimum atomic E-state index is -0.360. The molecule has 0 spiro atoms.